The molecule has 0 saturated carbocycles. The lowest BCUT2D eigenvalue weighted by Crippen LogP contribution is -2.30. The van der Waals surface area contributed by atoms with E-state index in [0.29, 0.717) is 19.4 Å². The van der Waals surface area contributed by atoms with E-state index in [1.807, 2.05) is 0 Å². The zero-order valence-electron chi connectivity index (χ0n) is 40.2. The monoisotopic (exact) mass is 841 g/mol. The van der Waals surface area contributed by atoms with E-state index in [-0.39, 0.29) is 25.2 Å². The highest BCUT2D eigenvalue weighted by atomic mass is 16.6. The normalized spacial score (nSPS) is 12.5. The van der Waals surface area contributed by atoms with Crippen molar-refractivity contribution in [2.45, 2.75) is 271 Å². The molecule has 0 bridgehead atoms. The molecule has 60 heavy (non-hydrogen) atoms. The number of carbonyl (C=O) groups excluding carboxylic acids is 2. The molecule has 0 rings (SSSR count). The second-order valence-corrected chi connectivity index (χ2v) is 17.4. The standard InChI is InChI=1S/C55H100O5/c1-4-7-10-13-16-19-21-23-25-27-29-31-33-35-38-41-44-47-50-58-51-53(60-55(57)49-46-43-40-36-18-15-12-9-6-3)52-59-54(56)48-45-42-39-37-34-32-30-28-26-24-22-20-17-14-11-8-5-2/h7,10,16,19,23,25,29,31,53H,4-6,8-9,11-15,17-18,20-22,24,26-28,30,32-52H2,1-3H3/b10-7-,19-16-,25-23-,31-29-. The van der Waals surface area contributed by atoms with E-state index in [4.69, 9.17) is 14.2 Å². The van der Waals surface area contributed by atoms with Crippen LogP contribution in [0.1, 0.15) is 265 Å². The molecule has 0 heterocycles. The zero-order valence-corrected chi connectivity index (χ0v) is 40.2. The summed E-state index contributed by atoms with van der Waals surface area (Å²) >= 11 is 0. The average molecular weight is 841 g/mol. The third-order valence-corrected chi connectivity index (χ3v) is 11.4. The van der Waals surface area contributed by atoms with Gasteiger partial charge in [0.2, 0.25) is 0 Å². The minimum absolute atomic E-state index is 0.0819. The van der Waals surface area contributed by atoms with E-state index in [0.717, 1.165) is 70.6 Å². The Balaban J connectivity index is 4.18. The maximum atomic E-state index is 12.7. The van der Waals surface area contributed by atoms with Crippen LogP contribution in [0.4, 0.5) is 0 Å². The molecule has 0 radical (unpaired) electrons. The summed E-state index contributed by atoms with van der Waals surface area (Å²) in [6.45, 7) is 7.70. The summed E-state index contributed by atoms with van der Waals surface area (Å²) in [6.07, 6.45) is 62.7. The predicted octanol–water partition coefficient (Wildman–Crippen LogP) is 17.6. The number of esters is 2. The summed E-state index contributed by atoms with van der Waals surface area (Å²) in [7, 11) is 0. The second kappa shape index (κ2) is 51.2. The molecular formula is C55H100O5. The number of hydrogen-bond acceptors (Lipinski definition) is 5. The molecule has 1 unspecified atom stereocenters. The van der Waals surface area contributed by atoms with Gasteiger partial charge in [-0.1, -0.05) is 243 Å². The van der Waals surface area contributed by atoms with E-state index < -0.39 is 6.10 Å². The SMILES string of the molecule is CC/C=C\C/C=C\C/C=C\C/C=C\CCCCCCCOCC(COC(=O)CCCCCCCCCCCCCCCCCCC)OC(=O)CCCCCCCCCCC. The molecule has 0 N–H and O–H groups in total. The minimum Gasteiger partial charge on any atom is -0.462 e. The molecule has 0 saturated heterocycles. The molecule has 0 aromatic rings. The van der Waals surface area contributed by atoms with E-state index in [1.165, 1.54) is 161 Å². The molecule has 0 spiro atoms. The Hall–Kier alpha value is -2.14. The summed E-state index contributed by atoms with van der Waals surface area (Å²) in [6, 6.07) is 0. The van der Waals surface area contributed by atoms with Crippen molar-refractivity contribution in [3.05, 3.63) is 48.6 Å². The molecule has 0 aromatic heterocycles. The Labute approximate surface area is 373 Å². The first-order valence-electron chi connectivity index (χ1n) is 26.2. The molecule has 1 atom stereocenters. The van der Waals surface area contributed by atoms with Crippen molar-refractivity contribution in [2.24, 2.45) is 0 Å². The van der Waals surface area contributed by atoms with Crippen molar-refractivity contribution in [3.8, 4) is 0 Å². The Morgan fingerprint density at radius 1 is 0.383 bits per heavy atom. The van der Waals surface area contributed by atoms with Gasteiger partial charge in [-0.2, -0.15) is 0 Å². The van der Waals surface area contributed by atoms with Crippen molar-refractivity contribution < 1.29 is 23.8 Å². The Morgan fingerprint density at radius 3 is 1.20 bits per heavy atom. The summed E-state index contributed by atoms with van der Waals surface area (Å²) in [5, 5.41) is 0. The first-order chi connectivity index (χ1) is 29.6. The maximum absolute atomic E-state index is 12.7. The van der Waals surface area contributed by atoms with Crippen molar-refractivity contribution in [3.63, 3.8) is 0 Å². The van der Waals surface area contributed by atoms with Crippen molar-refractivity contribution >= 4 is 11.9 Å². The van der Waals surface area contributed by atoms with Crippen LogP contribution in [0, 0.1) is 0 Å². The largest absolute Gasteiger partial charge is 0.462 e. The lowest BCUT2D eigenvalue weighted by molar-refractivity contribution is -0.163. The Bertz CT molecular complexity index is 997. The summed E-state index contributed by atoms with van der Waals surface area (Å²) in [5.41, 5.74) is 0. The fourth-order valence-corrected chi connectivity index (χ4v) is 7.50. The maximum Gasteiger partial charge on any atom is 0.306 e. The number of rotatable bonds is 48. The van der Waals surface area contributed by atoms with Crippen LogP contribution in [-0.2, 0) is 23.8 Å². The highest BCUT2D eigenvalue weighted by Gasteiger charge is 2.17. The highest BCUT2D eigenvalue weighted by molar-refractivity contribution is 5.70. The van der Waals surface area contributed by atoms with E-state index in [1.54, 1.807) is 0 Å². The van der Waals surface area contributed by atoms with Crippen LogP contribution in [-0.4, -0.2) is 37.9 Å². The Morgan fingerprint density at radius 2 is 0.750 bits per heavy atom. The predicted molar refractivity (Wildman–Crippen MR) is 261 cm³/mol. The number of allylic oxidation sites excluding steroid dienone is 8. The first-order valence-corrected chi connectivity index (χ1v) is 26.2. The van der Waals surface area contributed by atoms with E-state index in [9.17, 15) is 9.59 Å². The quantitative estimate of drug-likeness (QED) is 0.0347. The fraction of sp³-hybridized carbons (Fsp3) is 0.818. The lowest BCUT2D eigenvalue weighted by Gasteiger charge is -2.18. The number of ether oxygens (including phenoxy) is 3. The van der Waals surface area contributed by atoms with Gasteiger partial charge < -0.3 is 14.2 Å². The average Bonchev–Trinajstić information content (AvgIpc) is 3.25. The highest BCUT2D eigenvalue weighted by Crippen LogP contribution is 2.16. The molecule has 0 aliphatic rings. The van der Waals surface area contributed by atoms with Crippen molar-refractivity contribution in [1.82, 2.24) is 0 Å². The van der Waals surface area contributed by atoms with Gasteiger partial charge >= 0.3 is 11.9 Å². The summed E-state index contributed by atoms with van der Waals surface area (Å²) in [5.74, 6) is -0.398. The molecule has 0 amide bonds. The van der Waals surface area contributed by atoms with Crippen molar-refractivity contribution in [2.75, 3.05) is 19.8 Å². The van der Waals surface area contributed by atoms with Crippen LogP contribution < -0.4 is 0 Å². The van der Waals surface area contributed by atoms with Crippen LogP contribution >= 0.6 is 0 Å². The summed E-state index contributed by atoms with van der Waals surface area (Å²) in [4.78, 5) is 25.3. The van der Waals surface area contributed by atoms with E-state index in [2.05, 4.69) is 69.4 Å². The van der Waals surface area contributed by atoms with Gasteiger partial charge in [-0.15, -0.1) is 0 Å². The molecule has 0 aliphatic carbocycles. The van der Waals surface area contributed by atoms with Crippen LogP contribution in [0.2, 0.25) is 0 Å². The number of carbonyl (C=O) groups is 2. The fourth-order valence-electron chi connectivity index (χ4n) is 7.50. The molecule has 0 aromatic carbocycles. The number of hydrogen-bond donors (Lipinski definition) is 0. The first kappa shape index (κ1) is 57.9. The molecule has 0 fully saturated rings. The molecule has 350 valence electrons. The third-order valence-electron chi connectivity index (χ3n) is 11.4. The van der Waals surface area contributed by atoms with Gasteiger partial charge in [0.1, 0.15) is 6.61 Å². The van der Waals surface area contributed by atoms with Gasteiger partial charge in [0, 0.05) is 19.4 Å². The van der Waals surface area contributed by atoms with Crippen molar-refractivity contribution in [1.29, 1.82) is 0 Å². The second-order valence-electron chi connectivity index (χ2n) is 17.4. The molecular weight excluding hydrogens is 741 g/mol. The summed E-state index contributed by atoms with van der Waals surface area (Å²) < 4.78 is 17.4. The van der Waals surface area contributed by atoms with Gasteiger partial charge in [0.05, 0.1) is 6.61 Å². The lowest BCUT2D eigenvalue weighted by atomic mass is 10.0. The number of unbranched alkanes of at least 4 members (excludes halogenated alkanes) is 29. The van der Waals surface area contributed by atoms with Gasteiger partial charge in [0.25, 0.3) is 0 Å². The van der Waals surface area contributed by atoms with Crippen LogP contribution in [0.5, 0.6) is 0 Å². The van der Waals surface area contributed by atoms with Crippen LogP contribution in [0.3, 0.4) is 0 Å². The molecule has 0 aliphatic heterocycles. The zero-order chi connectivity index (χ0) is 43.5. The van der Waals surface area contributed by atoms with Gasteiger partial charge in [-0.25, -0.2) is 0 Å². The minimum atomic E-state index is -0.540. The van der Waals surface area contributed by atoms with Crippen LogP contribution in [0.25, 0.3) is 0 Å². The Kier molecular flexibility index (Phi) is 49.4. The van der Waals surface area contributed by atoms with Gasteiger partial charge in [-0.3, -0.25) is 9.59 Å². The molecule has 5 nitrogen and oxygen atoms in total. The van der Waals surface area contributed by atoms with E-state index >= 15 is 0 Å². The van der Waals surface area contributed by atoms with Crippen LogP contribution in [0.15, 0.2) is 48.6 Å². The third kappa shape index (κ3) is 48.5. The topological polar surface area (TPSA) is 61.8 Å². The molecule has 5 heteroatoms. The smallest absolute Gasteiger partial charge is 0.306 e. The van der Waals surface area contributed by atoms with Gasteiger partial charge in [0.15, 0.2) is 6.10 Å². The van der Waals surface area contributed by atoms with Gasteiger partial charge in [-0.05, 0) is 57.8 Å².